The fourth-order valence-electron chi connectivity index (χ4n) is 2.52. The Morgan fingerprint density at radius 2 is 2.14 bits per heavy atom. The first-order valence-corrected chi connectivity index (χ1v) is 7.83. The van der Waals surface area contributed by atoms with Gasteiger partial charge in [-0.15, -0.1) is 0 Å². The van der Waals surface area contributed by atoms with Gasteiger partial charge in [-0.1, -0.05) is 40.1 Å². The Kier molecular flexibility index (Phi) is 4.05. The molecule has 0 radical (unpaired) electrons. The number of nitrogens with zero attached hydrogens (tertiary/aromatic N) is 3. The molecule has 0 saturated carbocycles. The summed E-state index contributed by atoms with van der Waals surface area (Å²) in [5, 5.41) is 3.93. The van der Waals surface area contributed by atoms with E-state index in [1.165, 1.54) is 0 Å². The third-order valence-electron chi connectivity index (χ3n) is 3.68. The fraction of sp³-hybridized carbons (Fsp3) is 0.400. The van der Waals surface area contributed by atoms with Gasteiger partial charge < -0.3 is 9.42 Å². The van der Waals surface area contributed by atoms with Gasteiger partial charge >= 0.3 is 0 Å². The summed E-state index contributed by atoms with van der Waals surface area (Å²) in [7, 11) is 0. The number of aryl methyl sites for hydroxylation is 1. The Morgan fingerprint density at radius 1 is 1.38 bits per heavy atom. The molecule has 5 nitrogen and oxygen atoms in total. The molecular formula is C15H16BrN3O2. The second-order valence-corrected chi connectivity index (χ2v) is 6.02. The first-order chi connectivity index (χ1) is 10.2. The van der Waals surface area contributed by atoms with Crippen molar-refractivity contribution in [1.82, 2.24) is 15.0 Å². The number of amides is 1. The maximum atomic E-state index is 12.1. The number of aromatic nitrogens is 2. The molecule has 3 rings (SSSR count). The maximum Gasteiger partial charge on any atom is 0.249 e. The largest absolute Gasteiger partial charge is 0.337 e. The minimum absolute atomic E-state index is 0.103. The van der Waals surface area contributed by atoms with Gasteiger partial charge in [-0.05, 0) is 24.1 Å². The van der Waals surface area contributed by atoms with E-state index in [4.69, 9.17) is 4.52 Å². The lowest BCUT2D eigenvalue weighted by atomic mass is 10.2. The molecule has 0 aliphatic carbocycles. The van der Waals surface area contributed by atoms with Gasteiger partial charge in [0.25, 0.3) is 0 Å². The number of hydrogen-bond acceptors (Lipinski definition) is 4. The van der Waals surface area contributed by atoms with E-state index in [0.29, 0.717) is 24.7 Å². The molecule has 110 valence electrons. The standard InChI is InChI=1S/C15H16BrN3O2/c1-2-13-17-15(21-18-13)12-7-8-14(20)19(12)9-10-3-5-11(16)6-4-10/h3-6,12H,2,7-9H2,1H3. The van der Waals surface area contributed by atoms with Gasteiger partial charge in [-0.3, -0.25) is 4.79 Å². The number of hydrogen-bond donors (Lipinski definition) is 0. The summed E-state index contributed by atoms with van der Waals surface area (Å²) in [6.45, 7) is 2.55. The van der Waals surface area contributed by atoms with Crippen molar-refractivity contribution >= 4 is 21.8 Å². The number of carbonyl (C=O) groups excluding carboxylic acids is 1. The molecule has 1 amide bonds. The number of rotatable bonds is 4. The maximum absolute atomic E-state index is 12.1. The van der Waals surface area contributed by atoms with Crippen LogP contribution in [0.5, 0.6) is 0 Å². The van der Waals surface area contributed by atoms with Crippen molar-refractivity contribution in [3.63, 3.8) is 0 Å². The smallest absolute Gasteiger partial charge is 0.249 e. The summed E-state index contributed by atoms with van der Waals surface area (Å²) in [6, 6.07) is 7.88. The third-order valence-corrected chi connectivity index (χ3v) is 4.21. The van der Waals surface area contributed by atoms with Crippen LogP contribution < -0.4 is 0 Å². The van der Waals surface area contributed by atoms with Gasteiger partial charge in [0.2, 0.25) is 11.8 Å². The second kappa shape index (κ2) is 5.97. The normalized spacial score (nSPS) is 18.5. The number of likely N-dealkylation sites (tertiary alicyclic amines) is 1. The predicted octanol–water partition coefficient (Wildman–Crippen LogP) is 3.26. The molecule has 2 heterocycles. The van der Waals surface area contributed by atoms with Crippen molar-refractivity contribution in [2.24, 2.45) is 0 Å². The lowest BCUT2D eigenvalue weighted by Gasteiger charge is -2.22. The molecule has 1 aromatic carbocycles. The topological polar surface area (TPSA) is 59.2 Å². The molecule has 21 heavy (non-hydrogen) atoms. The van der Waals surface area contributed by atoms with Crippen LogP contribution in [-0.4, -0.2) is 20.9 Å². The molecule has 1 aliphatic heterocycles. The Labute approximate surface area is 131 Å². The van der Waals surface area contributed by atoms with Crippen molar-refractivity contribution < 1.29 is 9.32 Å². The van der Waals surface area contributed by atoms with Crippen LogP contribution in [0.4, 0.5) is 0 Å². The monoisotopic (exact) mass is 349 g/mol. The lowest BCUT2D eigenvalue weighted by molar-refractivity contribution is -0.129. The molecule has 6 heteroatoms. The highest BCUT2D eigenvalue weighted by molar-refractivity contribution is 9.10. The van der Waals surface area contributed by atoms with E-state index < -0.39 is 0 Å². The van der Waals surface area contributed by atoms with Crippen LogP contribution in [0.25, 0.3) is 0 Å². The minimum atomic E-state index is -0.103. The van der Waals surface area contributed by atoms with Gasteiger partial charge in [-0.2, -0.15) is 4.98 Å². The highest BCUT2D eigenvalue weighted by atomic mass is 79.9. The first-order valence-electron chi connectivity index (χ1n) is 7.03. The molecule has 0 N–H and O–H groups in total. The highest BCUT2D eigenvalue weighted by Gasteiger charge is 2.35. The van der Waals surface area contributed by atoms with Crippen LogP contribution in [0.3, 0.4) is 0 Å². The van der Waals surface area contributed by atoms with Crippen LogP contribution in [0.2, 0.25) is 0 Å². The Morgan fingerprint density at radius 3 is 2.81 bits per heavy atom. The Balaban J connectivity index is 1.80. The van der Waals surface area contributed by atoms with E-state index >= 15 is 0 Å². The summed E-state index contributed by atoms with van der Waals surface area (Å²) in [6.07, 6.45) is 2.00. The Bertz CT molecular complexity index is 639. The van der Waals surface area contributed by atoms with Crippen LogP contribution in [0.15, 0.2) is 33.3 Å². The van der Waals surface area contributed by atoms with Crippen molar-refractivity contribution in [2.45, 2.75) is 38.8 Å². The van der Waals surface area contributed by atoms with Crippen LogP contribution in [0, 0.1) is 0 Å². The van der Waals surface area contributed by atoms with E-state index in [-0.39, 0.29) is 11.9 Å². The third kappa shape index (κ3) is 3.00. The highest BCUT2D eigenvalue weighted by Crippen LogP contribution is 2.33. The van der Waals surface area contributed by atoms with Crippen molar-refractivity contribution in [1.29, 1.82) is 0 Å². The fourth-order valence-corrected chi connectivity index (χ4v) is 2.79. The van der Waals surface area contributed by atoms with E-state index in [2.05, 4.69) is 26.1 Å². The van der Waals surface area contributed by atoms with Gasteiger partial charge in [0.15, 0.2) is 5.82 Å². The molecule has 1 fully saturated rings. The molecule has 1 aliphatic rings. The molecule has 0 bridgehead atoms. The second-order valence-electron chi connectivity index (χ2n) is 5.10. The van der Waals surface area contributed by atoms with E-state index in [1.54, 1.807) is 0 Å². The predicted molar refractivity (Wildman–Crippen MR) is 80.3 cm³/mol. The van der Waals surface area contributed by atoms with Crippen LogP contribution >= 0.6 is 15.9 Å². The van der Waals surface area contributed by atoms with Crippen molar-refractivity contribution in [2.75, 3.05) is 0 Å². The molecule has 1 aromatic heterocycles. The number of halogens is 1. The SMILES string of the molecule is CCc1noc(C2CCC(=O)N2Cc2ccc(Br)cc2)n1. The first kappa shape index (κ1) is 14.3. The summed E-state index contributed by atoms with van der Waals surface area (Å²) >= 11 is 3.42. The summed E-state index contributed by atoms with van der Waals surface area (Å²) in [4.78, 5) is 18.3. The zero-order valence-electron chi connectivity index (χ0n) is 11.8. The average Bonchev–Trinajstić information content (AvgIpc) is 3.09. The van der Waals surface area contributed by atoms with Crippen LogP contribution in [0.1, 0.15) is 43.1 Å². The summed E-state index contributed by atoms with van der Waals surface area (Å²) < 4.78 is 6.34. The van der Waals surface area contributed by atoms with Crippen LogP contribution in [-0.2, 0) is 17.8 Å². The van der Waals surface area contributed by atoms with Gasteiger partial charge in [-0.25, -0.2) is 0 Å². The average molecular weight is 350 g/mol. The zero-order chi connectivity index (χ0) is 14.8. The van der Waals surface area contributed by atoms with Crippen molar-refractivity contribution in [3.8, 4) is 0 Å². The van der Waals surface area contributed by atoms with E-state index in [9.17, 15) is 4.79 Å². The molecule has 1 atom stereocenters. The summed E-state index contributed by atoms with van der Waals surface area (Å²) in [5.41, 5.74) is 1.09. The van der Waals surface area contributed by atoms with E-state index in [1.807, 2.05) is 36.1 Å². The van der Waals surface area contributed by atoms with Gasteiger partial charge in [0, 0.05) is 23.9 Å². The quantitative estimate of drug-likeness (QED) is 0.849. The van der Waals surface area contributed by atoms with Gasteiger partial charge in [0.05, 0.1) is 0 Å². The molecule has 1 saturated heterocycles. The minimum Gasteiger partial charge on any atom is -0.337 e. The zero-order valence-corrected chi connectivity index (χ0v) is 13.3. The molecule has 1 unspecified atom stereocenters. The van der Waals surface area contributed by atoms with E-state index in [0.717, 1.165) is 22.9 Å². The number of carbonyl (C=O) groups is 1. The molecule has 2 aromatic rings. The summed E-state index contributed by atoms with van der Waals surface area (Å²) in [5.74, 6) is 1.38. The lowest BCUT2D eigenvalue weighted by Crippen LogP contribution is -2.27. The Hall–Kier alpha value is -1.69. The molecule has 0 spiro atoms. The van der Waals surface area contributed by atoms with Crippen molar-refractivity contribution in [3.05, 3.63) is 46.0 Å². The van der Waals surface area contributed by atoms with Gasteiger partial charge in [0.1, 0.15) is 6.04 Å². The molecular weight excluding hydrogens is 334 g/mol. The number of benzene rings is 1.